The highest BCUT2D eigenvalue weighted by molar-refractivity contribution is 5.92. The minimum Gasteiger partial charge on any atom is -0.497 e. The molecule has 3 heteroatoms. The van der Waals surface area contributed by atoms with Crippen molar-refractivity contribution in [2.24, 2.45) is 0 Å². The fraction of sp³-hybridized carbons (Fsp3) is 0.286. The first-order valence-electron chi connectivity index (χ1n) is 8.34. The minimum absolute atomic E-state index is 0.0777. The second-order valence-corrected chi connectivity index (χ2v) is 6.29. The van der Waals surface area contributed by atoms with E-state index in [9.17, 15) is 4.79 Å². The van der Waals surface area contributed by atoms with Crippen LogP contribution in [0.1, 0.15) is 29.5 Å². The van der Waals surface area contributed by atoms with E-state index in [2.05, 4.69) is 31.2 Å². The summed E-state index contributed by atoms with van der Waals surface area (Å²) in [6.45, 7) is 2.75. The Morgan fingerprint density at radius 3 is 2.38 bits per heavy atom. The second kappa shape index (κ2) is 7.35. The summed E-state index contributed by atoms with van der Waals surface area (Å²) < 4.78 is 5.15. The largest absolute Gasteiger partial charge is 0.497 e. The molecule has 0 atom stereocenters. The summed E-state index contributed by atoms with van der Waals surface area (Å²) in [4.78, 5) is 14.6. The van der Waals surface area contributed by atoms with Crippen molar-refractivity contribution in [3.8, 4) is 5.75 Å². The summed E-state index contributed by atoms with van der Waals surface area (Å²) in [6.07, 6.45) is 5.75. The molecule has 0 spiro atoms. The molecule has 0 saturated heterocycles. The molecule has 124 valence electrons. The molecular weight excluding hydrogens is 298 g/mol. The number of benzene rings is 2. The Morgan fingerprint density at radius 1 is 1.12 bits per heavy atom. The molecule has 0 heterocycles. The summed E-state index contributed by atoms with van der Waals surface area (Å²) in [5.74, 6) is 0.895. The van der Waals surface area contributed by atoms with Crippen molar-refractivity contribution in [3.63, 3.8) is 0 Å². The van der Waals surface area contributed by atoms with Crippen LogP contribution in [-0.4, -0.2) is 24.0 Å². The number of nitrogens with zero attached hydrogens (tertiary/aromatic N) is 1. The van der Waals surface area contributed by atoms with Gasteiger partial charge in [0.15, 0.2) is 0 Å². The van der Waals surface area contributed by atoms with Crippen LogP contribution in [0.25, 0.3) is 6.08 Å². The van der Waals surface area contributed by atoms with Gasteiger partial charge >= 0.3 is 0 Å². The Labute approximate surface area is 143 Å². The summed E-state index contributed by atoms with van der Waals surface area (Å²) in [5, 5.41) is 0. The van der Waals surface area contributed by atoms with Gasteiger partial charge in [-0.25, -0.2) is 0 Å². The third kappa shape index (κ3) is 4.25. The van der Waals surface area contributed by atoms with Gasteiger partial charge in [0, 0.05) is 18.7 Å². The van der Waals surface area contributed by atoms with Gasteiger partial charge in [-0.05, 0) is 49.1 Å². The van der Waals surface area contributed by atoms with E-state index in [1.165, 1.54) is 11.1 Å². The van der Waals surface area contributed by atoms with Gasteiger partial charge in [-0.1, -0.05) is 42.0 Å². The Bertz CT molecular complexity index is 713. The van der Waals surface area contributed by atoms with Gasteiger partial charge in [0.2, 0.25) is 5.91 Å². The van der Waals surface area contributed by atoms with Gasteiger partial charge in [0.05, 0.1) is 7.11 Å². The lowest BCUT2D eigenvalue weighted by molar-refractivity contribution is -0.127. The molecule has 0 unspecified atom stereocenters. The lowest BCUT2D eigenvalue weighted by Crippen LogP contribution is -2.31. The Morgan fingerprint density at radius 2 is 1.79 bits per heavy atom. The molecule has 1 aliphatic rings. The van der Waals surface area contributed by atoms with Crippen LogP contribution < -0.4 is 4.74 Å². The minimum atomic E-state index is 0.0777. The van der Waals surface area contributed by atoms with E-state index in [1.54, 1.807) is 13.2 Å². The standard InChI is InChI=1S/C21H23NO2/c1-16-3-5-18(6-4-16)15-22(19-10-11-19)21(23)14-9-17-7-12-20(24-2)13-8-17/h3-9,12-14,19H,10-11,15H2,1-2H3/b14-9+. The number of carbonyl (C=O) groups is 1. The van der Waals surface area contributed by atoms with E-state index < -0.39 is 0 Å². The predicted molar refractivity (Wildman–Crippen MR) is 96.8 cm³/mol. The third-order valence-corrected chi connectivity index (χ3v) is 4.28. The molecule has 0 aromatic heterocycles. The third-order valence-electron chi connectivity index (χ3n) is 4.28. The zero-order valence-corrected chi connectivity index (χ0v) is 14.2. The van der Waals surface area contributed by atoms with Gasteiger partial charge < -0.3 is 9.64 Å². The number of hydrogen-bond donors (Lipinski definition) is 0. The van der Waals surface area contributed by atoms with Crippen LogP contribution in [0, 0.1) is 6.92 Å². The molecule has 3 nitrogen and oxygen atoms in total. The molecule has 24 heavy (non-hydrogen) atoms. The second-order valence-electron chi connectivity index (χ2n) is 6.29. The zero-order chi connectivity index (χ0) is 16.9. The number of methoxy groups -OCH3 is 1. The molecule has 2 aromatic carbocycles. The highest BCUT2D eigenvalue weighted by atomic mass is 16.5. The van der Waals surface area contributed by atoms with E-state index in [0.29, 0.717) is 12.6 Å². The summed E-state index contributed by atoms with van der Waals surface area (Å²) in [6, 6.07) is 16.5. The van der Waals surface area contributed by atoms with Crippen LogP contribution in [0.4, 0.5) is 0 Å². The molecule has 0 radical (unpaired) electrons. The number of carbonyl (C=O) groups excluding carboxylic acids is 1. The highest BCUT2D eigenvalue weighted by Gasteiger charge is 2.31. The van der Waals surface area contributed by atoms with E-state index in [1.807, 2.05) is 35.2 Å². The number of hydrogen-bond acceptors (Lipinski definition) is 2. The molecule has 0 aliphatic heterocycles. The monoisotopic (exact) mass is 321 g/mol. The maximum absolute atomic E-state index is 12.6. The summed E-state index contributed by atoms with van der Waals surface area (Å²) in [7, 11) is 1.65. The van der Waals surface area contributed by atoms with Crippen molar-refractivity contribution >= 4 is 12.0 Å². The quantitative estimate of drug-likeness (QED) is 0.746. The SMILES string of the molecule is COc1ccc(/C=C/C(=O)N(Cc2ccc(C)cc2)C2CC2)cc1. The first-order chi connectivity index (χ1) is 11.7. The van der Waals surface area contributed by atoms with Crippen LogP contribution in [-0.2, 0) is 11.3 Å². The number of aryl methyl sites for hydroxylation is 1. The van der Waals surface area contributed by atoms with Crippen LogP contribution in [0.2, 0.25) is 0 Å². The molecular formula is C21H23NO2. The molecule has 2 aromatic rings. The molecule has 1 aliphatic carbocycles. The first-order valence-corrected chi connectivity index (χ1v) is 8.34. The average molecular weight is 321 g/mol. The van der Waals surface area contributed by atoms with Crippen LogP contribution in [0.15, 0.2) is 54.6 Å². The number of amides is 1. The van der Waals surface area contributed by atoms with Crippen LogP contribution in [0.5, 0.6) is 5.75 Å². The van der Waals surface area contributed by atoms with E-state index >= 15 is 0 Å². The molecule has 0 N–H and O–H groups in total. The van der Waals surface area contributed by atoms with E-state index in [-0.39, 0.29) is 5.91 Å². The lowest BCUT2D eigenvalue weighted by atomic mass is 10.1. The van der Waals surface area contributed by atoms with Crippen molar-refractivity contribution in [2.75, 3.05) is 7.11 Å². The smallest absolute Gasteiger partial charge is 0.247 e. The Kier molecular flexibility index (Phi) is 4.99. The van der Waals surface area contributed by atoms with Crippen molar-refractivity contribution in [3.05, 3.63) is 71.3 Å². The maximum Gasteiger partial charge on any atom is 0.247 e. The van der Waals surface area contributed by atoms with E-state index in [4.69, 9.17) is 4.74 Å². The number of rotatable bonds is 6. The molecule has 3 rings (SSSR count). The van der Waals surface area contributed by atoms with Crippen molar-refractivity contribution < 1.29 is 9.53 Å². The molecule has 1 amide bonds. The van der Waals surface area contributed by atoms with Gasteiger partial charge in [-0.3, -0.25) is 4.79 Å². The summed E-state index contributed by atoms with van der Waals surface area (Å²) >= 11 is 0. The Hall–Kier alpha value is -2.55. The fourth-order valence-electron chi connectivity index (χ4n) is 2.64. The summed E-state index contributed by atoms with van der Waals surface area (Å²) in [5.41, 5.74) is 3.41. The van der Waals surface area contributed by atoms with Gasteiger partial charge in [0.1, 0.15) is 5.75 Å². The van der Waals surface area contributed by atoms with Gasteiger partial charge in [0.25, 0.3) is 0 Å². The maximum atomic E-state index is 12.6. The van der Waals surface area contributed by atoms with Crippen molar-refractivity contribution in [1.29, 1.82) is 0 Å². The van der Waals surface area contributed by atoms with Gasteiger partial charge in [-0.2, -0.15) is 0 Å². The number of ether oxygens (including phenoxy) is 1. The van der Waals surface area contributed by atoms with E-state index in [0.717, 1.165) is 24.2 Å². The average Bonchev–Trinajstić information content (AvgIpc) is 3.44. The van der Waals surface area contributed by atoms with Crippen LogP contribution in [0.3, 0.4) is 0 Å². The zero-order valence-electron chi connectivity index (χ0n) is 14.2. The van der Waals surface area contributed by atoms with Crippen molar-refractivity contribution in [2.45, 2.75) is 32.4 Å². The lowest BCUT2D eigenvalue weighted by Gasteiger charge is -2.21. The molecule has 1 saturated carbocycles. The first kappa shape index (κ1) is 16.3. The van der Waals surface area contributed by atoms with Crippen molar-refractivity contribution in [1.82, 2.24) is 4.90 Å². The fourth-order valence-corrected chi connectivity index (χ4v) is 2.64. The van der Waals surface area contributed by atoms with Crippen LogP contribution >= 0.6 is 0 Å². The Balaban J connectivity index is 1.67. The van der Waals surface area contributed by atoms with Gasteiger partial charge in [-0.15, -0.1) is 0 Å². The normalized spacial score (nSPS) is 13.9. The molecule has 1 fully saturated rings. The topological polar surface area (TPSA) is 29.5 Å². The highest BCUT2D eigenvalue weighted by Crippen LogP contribution is 2.29. The predicted octanol–water partition coefficient (Wildman–Crippen LogP) is 4.21. The molecule has 0 bridgehead atoms.